The lowest BCUT2D eigenvalue weighted by Gasteiger charge is -2.19. The Bertz CT molecular complexity index is 546. The van der Waals surface area contributed by atoms with Crippen LogP contribution >= 0.6 is 11.6 Å². The Morgan fingerprint density at radius 3 is 3.05 bits per heavy atom. The van der Waals surface area contributed by atoms with E-state index in [9.17, 15) is 9.59 Å². The van der Waals surface area contributed by atoms with Crippen LogP contribution in [0.5, 0.6) is 5.75 Å². The third-order valence-corrected chi connectivity index (χ3v) is 3.12. The quantitative estimate of drug-likeness (QED) is 0.789. The Hall–Kier alpha value is -1.79. The molecule has 4 N–H and O–H groups in total. The number of benzene rings is 1. The molecular formula is C13H16ClN3O3. The van der Waals surface area contributed by atoms with Crippen molar-refractivity contribution in [2.75, 3.05) is 17.2 Å². The molecule has 1 aromatic rings. The second-order valence-electron chi connectivity index (χ2n) is 4.73. The molecule has 20 heavy (non-hydrogen) atoms. The van der Waals surface area contributed by atoms with Crippen LogP contribution in [0.15, 0.2) is 12.1 Å². The molecule has 1 aliphatic rings. The van der Waals surface area contributed by atoms with Gasteiger partial charge in [-0.2, -0.15) is 0 Å². The highest BCUT2D eigenvalue weighted by molar-refractivity contribution is 6.34. The van der Waals surface area contributed by atoms with Gasteiger partial charge in [0.25, 0.3) is 5.91 Å². The average molecular weight is 298 g/mol. The van der Waals surface area contributed by atoms with Crippen molar-refractivity contribution in [3.05, 3.63) is 17.2 Å². The van der Waals surface area contributed by atoms with Gasteiger partial charge in [0.05, 0.1) is 16.4 Å². The van der Waals surface area contributed by atoms with E-state index in [4.69, 9.17) is 22.1 Å². The zero-order valence-corrected chi connectivity index (χ0v) is 11.8. The summed E-state index contributed by atoms with van der Waals surface area (Å²) in [6.07, 6.45) is 0.920. The molecule has 0 bridgehead atoms. The third kappa shape index (κ3) is 3.61. The summed E-state index contributed by atoms with van der Waals surface area (Å²) >= 11 is 6.07. The Kier molecular flexibility index (Phi) is 4.46. The largest absolute Gasteiger partial charge is 0.482 e. The number of carbonyl (C=O) groups is 2. The van der Waals surface area contributed by atoms with E-state index in [2.05, 4.69) is 10.6 Å². The van der Waals surface area contributed by atoms with Crippen molar-refractivity contribution < 1.29 is 14.3 Å². The summed E-state index contributed by atoms with van der Waals surface area (Å²) < 4.78 is 5.27. The predicted molar refractivity (Wildman–Crippen MR) is 77.1 cm³/mol. The molecule has 0 aliphatic carbocycles. The molecule has 2 rings (SSSR count). The van der Waals surface area contributed by atoms with Crippen LogP contribution in [0.2, 0.25) is 5.02 Å². The molecular weight excluding hydrogens is 282 g/mol. The average Bonchev–Trinajstić information content (AvgIpc) is 2.37. The lowest BCUT2D eigenvalue weighted by Crippen LogP contribution is -2.25. The molecule has 0 spiro atoms. The Morgan fingerprint density at radius 2 is 2.35 bits per heavy atom. The summed E-state index contributed by atoms with van der Waals surface area (Å²) in [7, 11) is 0. The number of hydrogen-bond acceptors (Lipinski definition) is 4. The smallest absolute Gasteiger partial charge is 0.262 e. The number of amides is 2. The Balaban J connectivity index is 2.09. The first-order valence-corrected chi connectivity index (χ1v) is 6.65. The predicted octanol–water partition coefficient (Wildman–Crippen LogP) is 1.74. The van der Waals surface area contributed by atoms with E-state index in [0.29, 0.717) is 35.0 Å². The van der Waals surface area contributed by atoms with Crippen molar-refractivity contribution in [2.45, 2.75) is 25.8 Å². The Labute approximate surface area is 121 Å². The van der Waals surface area contributed by atoms with Gasteiger partial charge >= 0.3 is 0 Å². The number of hydrogen-bond donors (Lipinski definition) is 3. The van der Waals surface area contributed by atoms with Crippen LogP contribution < -0.4 is 21.1 Å². The van der Waals surface area contributed by atoms with Crippen LogP contribution in [-0.2, 0) is 9.59 Å². The molecule has 0 radical (unpaired) electrons. The van der Waals surface area contributed by atoms with E-state index in [1.54, 1.807) is 12.1 Å². The third-order valence-electron chi connectivity index (χ3n) is 2.80. The van der Waals surface area contributed by atoms with Crippen LogP contribution in [0.3, 0.4) is 0 Å². The number of fused-ring (bicyclic) bond motifs is 1. The zero-order chi connectivity index (χ0) is 14.7. The summed E-state index contributed by atoms with van der Waals surface area (Å²) in [4.78, 5) is 22.9. The van der Waals surface area contributed by atoms with Gasteiger partial charge < -0.3 is 21.1 Å². The van der Waals surface area contributed by atoms with E-state index < -0.39 is 0 Å². The molecule has 0 saturated carbocycles. The van der Waals surface area contributed by atoms with Gasteiger partial charge in [-0.3, -0.25) is 9.59 Å². The van der Waals surface area contributed by atoms with Gasteiger partial charge in [0.1, 0.15) is 5.75 Å². The van der Waals surface area contributed by atoms with Gasteiger partial charge in [-0.25, -0.2) is 0 Å². The van der Waals surface area contributed by atoms with Crippen LogP contribution in [0.4, 0.5) is 11.4 Å². The van der Waals surface area contributed by atoms with Crippen molar-refractivity contribution >= 4 is 34.8 Å². The minimum absolute atomic E-state index is 0.0294. The molecule has 0 fully saturated rings. The normalized spacial score (nSPS) is 14.8. The first-order valence-electron chi connectivity index (χ1n) is 6.27. The summed E-state index contributed by atoms with van der Waals surface area (Å²) in [6, 6.07) is 3.12. The molecule has 1 aromatic carbocycles. The minimum Gasteiger partial charge on any atom is -0.482 e. The molecule has 1 unspecified atom stereocenters. The minimum atomic E-state index is -0.234. The summed E-state index contributed by atoms with van der Waals surface area (Å²) in [5, 5.41) is 5.69. The molecule has 6 nitrogen and oxygen atoms in total. The highest BCUT2D eigenvalue weighted by Gasteiger charge is 2.19. The molecule has 1 atom stereocenters. The maximum Gasteiger partial charge on any atom is 0.262 e. The van der Waals surface area contributed by atoms with E-state index in [-0.39, 0.29) is 24.5 Å². The number of rotatable bonds is 4. The van der Waals surface area contributed by atoms with E-state index >= 15 is 0 Å². The van der Waals surface area contributed by atoms with Crippen LogP contribution in [0.25, 0.3) is 0 Å². The maximum absolute atomic E-state index is 11.8. The first-order chi connectivity index (χ1) is 9.45. The molecule has 0 aromatic heterocycles. The number of halogens is 1. The van der Waals surface area contributed by atoms with Gasteiger partial charge in [-0.15, -0.1) is 0 Å². The lowest BCUT2D eigenvalue weighted by atomic mass is 10.2. The topological polar surface area (TPSA) is 93.5 Å². The van der Waals surface area contributed by atoms with Crippen molar-refractivity contribution in [3.63, 3.8) is 0 Å². The van der Waals surface area contributed by atoms with E-state index in [1.807, 2.05) is 6.92 Å². The van der Waals surface area contributed by atoms with Crippen LogP contribution in [0, 0.1) is 0 Å². The van der Waals surface area contributed by atoms with E-state index in [0.717, 1.165) is 0 Å². The van der Waals surface area contributed by atoms with Crippen molar-refractivity contribution in [3.8, 4) is 5.75 Å². The highest BCUT2D eigenvalue weighted by atomic mass is 35.5. The fourth-order valence-corrected chi connectivity index (χ4v) is 1.98. The van der Waals surface area contributed by atoms with E-state index in [1.165, 1.54) is 0 Å². The number of ether oxygens (including phenoxy) is 1. The molecule has 1 heterocycles. The molecule has 108 valence electrons. The molecule has 1 aliphatic heterocycles. The SMILES string of the molecule is CC(N)CCC(=O)Nc1cc2c(cc1Cl)NC(=O)CO2. The van der Waals surface area contributed by atoms with Crippen LogP contribution in [-0.4, -0.2) is 24.5 Å². The number of anilines is 2. The van der Waals surface area contributed by atoms with Crippen LogP contribution in [0.1, 0.15) is 19.8 Å². The van der Waals surface area contributed by atoms with Gasteiger partial charge in [0.2, 0.25) is 5.91 Å². The second-order valence-corrected chi connectivity index (χ2v) is 5.14. The summed E-state index contributed by atoms with van der Waals surface area (Å²) in [6.45, 7) is 1.79. The van der Waals surface area contributed by atoms with Gasteiger partial charge in [0.15, 0.2) is 6.61 Å². The van der Waals surface area contributed by atoms with Crippen molar-refractivity contribution in [1.82, 2.24) is 0 Å². The molecule has 0 saturated heterocycles. The van der Waals surface area contributed by atoms with Gasteiger partial charge in [0, 0.05) is 18.5 Å². The molecule has 7 heteroatoms. The maximum atomic E-state index is 11.8. The fourth-order valence-electron chi connectivity index (χ4n) is 1.77. The number of nitrogens with one attached hydrogen (secondary N) is 2. The van der Waals surface area contributed by atoms with Gasteiger partial charge in [-0.1, -0.05) is 11.6 Å². The van der Waals surface area contributed by atoms with Crippen molar-refractivity contribution in [2.24, 2.45) is 5.73 Å². The highest BCUT2D eigenvalue weighted by Crippen LogP contribution is 2.36. The first kappa shape index (κ1) is 14.6. The number of carbonyl (C=O) groups excluding carboxylic acids is 2. The van der Waals surface area contributed by atoms with Gasteiger partial charge in [-0.05, 0) is 19.4 Å². The standard InChI is InChI=1S/C13H16ClN3O3/c1-7(15)2-3-12(18)16-9-5-11-10(4-8(9)14)17-13(19)6-20-11/h4-5,7H,2-3,6,15H2,1H3,(H,16,18)(H,17,19). The summed E-state index contributed by atoms with van der Waals surface area (Å²) in [5.41, 5.74) is 6.56. The van der Waals surface area contributed by atoms with Crippen molar-refractivity contribution in [1.29, 1.82) is 0 Å². The number of nitrogens with two attached hydrogens (primary N) is 1. The molecule has 2 amide bonds. The summed E-state index contributed by atoms with van der Waals surface area (Å²) in [5.74, 6) is 0.0859. The lowest BCUT2D eigenvalue weighted by molar-refractivity contribution is -0.118. The fraction of sp³-hybridized carbons (Fsp3) is 0.385. The monoisotopic (exact) mass is 297 g/mol. The zero-order valence-electron chi connectivity index (χ0n) is 11.0. The second kappa shape index (κ2) is 6.11. The Morgan fingerprint density at radius 1 is 1.60 bits per heavy atom.